The van der Waals surface area contributed by atoms with E-state index in [2.05, 4.69) is 42.6 Å². The molecule has 1 aromatic rings. The summed E-state index contributed by atoms with van der Waals surface area (Å²) in [5.74, 6) is 0.964. The average molecular weight is 245 g/mol. The minimum atomic E-state index is 0.647. The zero-order valence-electron chi connectivity index (χ0n) is 11.7. The fourth-order valence-corrected chi connectivity index (χ4v) is 3.07. The average Bonchev–Trinajstić information content (AvgIpc) is 2.66. The Hall–Kier alpha value is -0.820. The Balaban J connectivity index is 1.69. The highest BCUT2D eigenvalue weighted by molar-refractivity contribution is 5.14. The second-order valence-corrected chi connectivity index (χ2v) is 5.86. The molecule has 0 aliphatic heterocycles. The maximum atomic E-state index is 3.67. The Bertz CT molecular complexity index is 312. The minimum absolute atomic E-state index is 0.647. The van der Waals surface area contributed by atoms with Gasteiger partial charge in [-0.25, -0.2) is 0 Å². The smallest absolute Gasteiger partial charge is 0.0207 e. The number of nitrogens with one attached hydrogen (secondary N) is 1. The van der Waals surface area contributed by atoms with Crippen LogP contribution in [-0.2, 0) is 6.54 Å². The van der Waals surface area contributed by atoms with E-state index in [0.717, 1.165) is 12.5 Å². The van der Waals surface area contributed by atoms with Gasteiger partial charge < -0.3 is 5.32 Å². The summed E-state index contributed by atoms with van der Waals surface area (Å²) in [5, 5.41) is 3.67. The monoisotopic (exact) mass is 245 g/mol. The van der Waals surface area contributed by atoms with E-state index in [-0.39, 0.29) is 0 Å². The summed E-state index contributed by atoms with van der Waals surface area (Å²) >= 11 is 0. The molecular weight excluding hydrogens is 218 g/mol. The van der Waals surface area contributed by atoms with Crippen LogP contribution in [0.1, 0.15) is 57.4 Å². The van der Waals surface area contributed by atoms with Gasteiger partial charge in [-0.3, -0.25) is 0 Å². The predicted molar refractivity (Wildman–Crippen MR) is 78.6 cm³/mol. The highest BCUT2D eigenvalue weighted by Gasteiger charge is 2.15. The molecule has 1 atom stereocenters. The standard InChI is InChI=1S/C17H27N/c1-15(13-16-9-5-2-3-6-10-16)18-14-17-11-7-4-8-12-17/h4,7-8,11-12,15-16,18H,2-3,5-6,9-10,13-14H2,1H3/t15-/m0/s1. The third-order valence-corrected chi connectivity index (χ3v) is 4.16. The molecule has 0 amide bonds. The highest BCUT2D eigenvalue weighted by Crippen LogP contribution is 2.26. The van der Waals surface area contributed by atoms with Crippen LogP contribution in [-0.4, -0.2) is 6.04 Å². The van der Waals surface area contributed by atoms with E-state index in [1.807, 2.05) is 0 Å². The summed E-state index contributed by atoms with van der Waals surface area (Å²) in [5.41, 5.74) is 1.39. The molecule has 0 spiro atoms. The van der Waals surface area contributed by atoms with Crippen LogP contribution in [0, 0.1) is 5.92 Å². The molecular formula is C17H27N. The lowest BCUT2D eigenvalue weighted by Gasteiger charge is -2.20. The molecule has 0 radical (unpaired) electrons. The summed E-state index contributed by atoms with van der Waals surface area (Å²) in [6, 6.07) is 11.4. The van der Waals surface area contributed by atoms with Crippen LogP contribution in [0.3, 0.4) is 0 Å². The van der Waals surface area contributed by atoms with E-state index < -0.39 is 0 Å². The molecule has 0 unspecified atom stereocenters. The van der Waals surface area contributed by atoms with Crippen molar-refractivity contribution in [3.8, 4) is 0 Å². The van der Waals surface area contributed by atoms with Crippen LogP contribution in [0.25, 0.3) is 0 Å². The lowest BCUT2D eigenvalue weighted by Crippen LogP contribution is -2.27. The van der Waals surface area contributed by atoms with Gasteiger partial charge in [-0.15, -0.1) is 0 Å². The van der Waals surface area contributed by atoms with Gasteiger partial charge in [-0.2, -0.15) is 0 Å². The molecule has 18 heavy (non-hydrogen) atoms. The Kier molecular flexibility index (Phi) is 5.73. The molecule has 0 bridgehead atoms. The van der Waals surface area contributed by atoms with Crippen LogP contribution in [0.4, 0.5) is 0 Å². The van der Waals surface area contributed by atoms with E-state index in [1.54, 1.807) is 0 Å². The summed E-state index contributed by atoms with van der Waals surface area (Å²) in [7, 11) is 0. The van der Waals surface area contributed by atoms with Gasteiger partial charge in [0.2, 0.25) is 0 Å². The summed E-state index contributed by atoms with van der Waals surface area (Å²) < 4.78 is 0. The molecule has 1 aliphatic rings. The van der Waals surface area contributed by atoms with E-state index in [1.165, 1.54) is 50.5 Å². The summed E-state index contributed by atoms with van der Waals surface area (Å²) in [6.45, 7) is 3.35. The van der Waals surface area contributed by atoms with Crippen LogP contribution < -0.4 is 5.32 Å². The highest BCUT2D eigenvalue weighted by atomic mass is 14.9. The van der Waals surface area contributed by atoms with Crippen molar-refractivity contribution in [1.82, 2.24) is 5.32 Å². The second kappa shape index (κ2) is 7.58. The molecule has 1 aliphatic carbocycles. The zero-order valence-corrected chi connectivity index (χ0v) is 11.7. The first-order valence-corrected chi connectivity index (χ1v) is 7.62. The molecule has 0 heterocycles. The molecule has 1 heteroatoms. The van der Waals surface area contributed by atoms with E-state index in [0.29, 0.717) is 6.04 Å². The van der Waals surface area contributed by atoms with Crippen molar-refractivity contribution in [2.75, 3.05) is 0 Å². The van der Waals surface area contributed by atoms with Gasteiger partial charge in [-0.05, 0) is 24.8 Å². The largest absolute Gasteiger partial charge is 0.310 e. The normalized spacial score (nSPS) is 19.4. The molecule has 1 saturated carbocycles. The van der Waals surface area contributed by atoms with Gasteiger partial charge in [0.25, 0.3) is 0 Å². The molecule has 0 saturated heterocycles. The van der Waals surface area contributed by atoms with Crippen LogP contribution in [0.2, 0.25) is 0 Å². The van der Waals surface area contributed by atoms with Gasteiger partial charge in [0, 0.05) is 12.6 Å². The minimum Gasteiger partial charge on any atom is -0.310 e. The molecule has 0 aromatic heterocycles. The Morgan fingerprint density at radius 3 is 2.39 bits per heavy atom. The van der Waals surface area contributed by atoms with Crippen molar-refractivity contribution < 1.29 is 0 Å². The van der Waals surface area contributed by atoms with Crippen molar-refractivity contribution in [3.63, 3.8) is 0 Å². The molecule has 1 N–H and O–H groups in total. The van der Waals surface area contributed by atoms with Gasteiger partial charge >= 0.3 is 0 Å². The number of hydrogen-bond acceptors (Lipinski definition) is 1. The number of hydrogen-bond donors (Lipinski definition) is 1. The van der Waals surface area contributed by atoms with E-state index in [9.17, 15) is 0 Å². The van der Waals surface area contributed by atoms with Crippen molar-refractivity contribution in [3.05, 3.63) is 35.9 Å². The molecule has 1 aromatic carbocycles. The lowest BCUT2D eigenvalue weighted by atomic mass is 9.93. The van der Waals surface area contributed by atoms with Crippen molar-refractivity contribution in [2.45, 2.75) is 64.5 Å². The fraction of sp³-hybridized carbons (Fsp3) is 0.647. The maximum Gasteiger partial charge on any atom is 0.0207 e. The Labute approximate surface area is 112 Å². The molecule has 100 valence electrons. The van der Waals surface area contributed by atoms with Gasteiger partial charge in [-0.1, -0.05) is 68.9 Å². The zero-order chi connectivity index (χ0) is 12.6. The van der Waals surface area contributed by atoms with Gasteiger partial charge in [0.15, 0.2) is 0 Å². The fourth-order valence-electron chi connectivity index (χ4n) is 3.07. The molecule has 2 rings (SSSR count). The van der Waals surface area contributed by atoms with Crippen molar-refractivity contribution in [1.29, 1.82) is 0 Å². The molecule has 1 fully saturated rings. The maximum absolute atomic E-state index is 3.67. The van der Waals surface area contributed by atoms with E-state index >= 15 is 0 Å². The predicted octanol–water partition coefficient (Wildman–Crippen LogP) is 4.53. The first kappa shape index (κ1) is 13.6. The SMILES string of the molecule is C[C@@H](CC1CCCCCC1)NCc1ccccc1. The van der Waals surface area contributed by atoms with Gasteiger partial charge in [0.1, 0.15) is 0 Å². The van der Waals surface area contributed by atoms with Crippen LogP contribution in [0.5, 0.6) is 0 Å². The third-order valence-electron chi connectivity index (χ3n) is 4.16. The quantitative estimate of drug-likeness (QED) is 0.752. The summed E-state index contributed by atoms with van der Waals surface area (Å²) in [6.07, 6.45) is 10.1. The lowest BCUT2D eigenvalue weighted by molar-refractivity contribution is 0.363. The molecule has 1 nitrogen and oxygen atoms in total. The summed E-state index contributed by atoms with van der Waals surface area (Å²) in [4.78, 5) is 0. The number of rotatable bonds is 5. The first-order valence-electron chi connectivity index (χ1n) is 7.62. The third kappa shape index (κ3) is 4.81. The Morgan fingerprint density at radius 1 is 1.06 bits per heavy atom. The van der Waals surface area contributed by atoms with Crippen molar-refractivity contribution >= 4 is 0 Å². The van der Waals surface area contributed by atoms with Gasteiger partial charge in [0.05, 0.1) is 0 Å². The van der Waals surface area contributed by atoms with Crippen molar-refractivity contribution in [2.24, 2.45) is 5.92 Å². The first-order chi connectivity index (χ1) is 8.84. The number of benzene rings is 1. The van der Waals surface area contributed by atoms with E-state index in [4.69, 9.17) is 0 Å². The van der Waals surface area contributed by atoms with Crippen LogP contribution in [0.15, 0.2) is 30.3 Å². The Morgan fingerprint density at radius 2 is 1.72 bits per heavy atom. The topological polar surface area (TPSA) is 12.0 Å². The second-order valence-electron chi connectivity index (χ2n) is 5.86. The van der Waals surface area contributed by atoms with Crippen LogP contribution >= 0.6 is 0 Å².